The molecule has 0 bridgehead atoms. The highest BCUT2D eigenvalue weighted by Crippen LogP contribution is 2.55. The summed E-state index contributed by atoms with van der Waals surface area (Å²) in [5, 5.41) is 9.67. The summed E-state index contributed by atoms with van der Waals surface area (Å²) in [6.45, 7) is 0. The van der Waals surface area contributed by atoms with Gasteiger partial charge in [-0.2, -0.15) is 0 Å². The molecule has 13 aromatic carbocycles. The Labute approximate surface area is 442 Å². The molecule has 13 aromatic rings. The van der Waals surface area contributed by atoms with Crippen molar-refractivity contribution in [2.24, 2.45) is 0 Å². The van der Waals surface area contributed by atoms with E-state index >= 15 is 0 Å². The molecule has 15 rings (SSSR count). The standard InChI is InChI=1S/C72H50N4/c1-73-63-25-7-11-29-67(63)75(68-30-12-8-26-64(68)73)57-37-39-59-61(45-57)71(55-23-15-21-51(43-55)53-35-33-47-17-3-5-19-49(47)41-53)60-40-38-58(76-69-31-13-9-27-65(69)74(2)66-28-10-14-32-70(66)76)46-62(60)72(59)56-24-16-22-52(44-56)54-36-34-48-18-4-6-20-50(48)42-54/h3-46H,1-2H3. The third kappa shape index (κ3) is 6.92. The van der Waals surface area contributed by atoms with Gasteiger partial charge < -0.3 is 19.6 Å². The second kappa shape index (κ2) is 17.4. The van der Waals surface area contributed by atoms with Gasteiger partial charge in [-0.1, -0.05) is 170 Å². The van der Waals surface area contributed by atoms with Crippen LogP contribution in [0.3, 0.4) is 0 Å². The summed E-state index contributed by atoms with van der Waals surface area (Å²) < 4.78 is 0. The molecule has 76 heavy (non-hydrogen) atoms. The molecule has 0 spiro atoms. The second-order valence-electron chi connectivity index (χ2n) is 20.2. The van der Waals surface area contributed by atoms with Crippen LogP contribution in [0.5, 0.6) is 0 Å². The van der Waals surface area contributed by atoms with E-state index in [-0.39, 0.29) is 0 Å². The van der Waals surface area contributed by atoms with Crippen molar-refractivity contribution in [1.29, 1.82) is 0 Å². The Morgan fingerprint density at radius 2 is 0.526 bits per heavy atom. The molecule has 358 valence electrons. The number of hydrogen-bond acceptors (Lipinski definition) is 4. The fourth-order valence-corrected chi connectivity index (χ4v) is 12.4. The van der Waals surface area contributed by atoms with E-state index in [0.717, 1.165) is 68.0 Å². The molecule has 0 saturated carbocycles. The Balaban J connectivity index is 1.04. The van der Waals surface area contributed by atoms with Crippen LogP contribution in [0.25, 0.3) is 87.6 Å². The highest BCUT2D eigenvalue weighted by atomic mass is 15.3. The van der Waals surface area contributed by atoms with Gasteiger partial charge in [0.1, 0.15) is 0 Å². The van der Waals surface area contributed by atoms with Gasteiger partial charge in [0.05, 0.1) is 45.5 Å². The third-order valence-corrected chi connectivity index (χ3v) is 16.0. The van der Waals surface area contributed by atoms with Gasteiger partial charge in [-0.15, -0.1) is 0 Å². The first-order valence-corrected chi connectivity index (χ1v) is 26.2. The lowest BCUT2D eigenvalue weighted by Gasteiger charge is -2.39. The predicted molar refractivity (Wildman–Crippen MR) is 324 cm³/mol. The molecular formula is C72H50N4. The zero-order valence-electron chi connectivity index (χ0n) is 42.2. The minimum atomic E-state index is 1.10. The van der Waals surface area contributed by atoms with Gasteiger partial charge in [0.2, 0.25) is 0 Å². The van der Waals surface area contributed by atoms with Crippen LogP contribution in [0, 0.1) is 0 Å². The summed E-state index contributed by atoms with van der Waals surface area (Å²) in [7, 11) is 4.35. The van der Waals surface area contributed by atoms with Crippen molar-refractivity contribution >= 4 is 100.0 Å². The number of fused-ring (bicyclic) bond motifs is 8. The van der Waals surface area contributed by atoms with Gasteiger partial charge in [0.15, 0.2) is 0 Å². The Kier molecular flexibility index (Phi) is 9.98. The SMILES string of the molecule is CN1c2ccccc2N(c2ccc3c(-c4cccc(-c5ccc6ccccc6c5)c4)c4cc(N5c6ccccc6N(C)c6ccccc65)ccc4c(-c4cccc(-c5ccc6ccccc6c5)c4)c3c2)c2ccccc21. The summed E-state index contributed by atoms with van der Waals surface area (Å²) in [4.78, 5) is 9.54. The maximum absolute atomic E-state index is 2.46. The molecule has 0 amide bonds. The predicted octanol–water partition coefficient (Wildman–Crippen LogP) is 20.1. The van der Waals surface area contributed by atoms with Crippen LogP contribution in [0.4, 0.5) is 56.9 Å². The monoisotopic (exact) mass is 970 g/mol. The van der Waals surface area contributed by atoms with E-state index in [1.54, 1.807) is 0 Å². The average molecular weight is 971 g/mol. The lowest BCUT2D eigenvalue weighted by Crippen LogP contribution is -2.24. The van der Waals surface area contributed by atoms with E-state index in [4.69, 9.17) is 0 Å². The molecule has 2 aliphatic rings. The molecule has 0 aromatic heterocycles. The molecule has 0 atom stereocenters. The summed E-state index contributed by atoms with van der Waals surface area (Å²) in [5.41, 5.74) is 20.9. The maximum Gasteiger partial charge on any atom is 0.0699 e. The summed E-state index contributed by atoms with van der Waals surface area (Å²) in [5.74, 6) is 0. The molecule has 0 N–H and O–H groups in total. The highest BCUT2D eigenvalue weighted by Gasteiger charge is 2.30. The van der Waals surface area contributed by atoms with E-state index in [0.29, 0.717) is 0 Å². The number of anilines is 10. The van der Waals surface area contributed by atoms with Crippen LogP contribution in [0.2, 0.25) is 0 Å². The number of rotatable bonds is 6. The average Bonchev–Trinajstić information content (AvgIpc) is 3.51. The fraction of sp³-hybridized carbons (Fsp3) is 0.0278. The van der Waals surface area contributed by atoms with Crippen molar-refractivity contribution in [3.8, 4) is 44.5 Å². The largest absolute Gasteiger partial charge is 0.341 e. The quantitative estimate of drug-likeness (QED) is 0.154. The van der Waals surface area contributed by atoms with E-state index < -0.39 is 0 Å². The van der Waals surface area contributed by atoms with E-state index in [9.17, 15) is 0 Å². The van der Waals surface area contributed by atoms with Crippen LogP contribution in [-0.2, 0) is 0 Å². The van der Waals surface area contributed by atoms with Crippen LogP contribution in [0.1, 0.15) is 0 Å². The number of hydrogen-bond donors (Lipinski definition) is 0. The summed E-state index contributed by atoms with van der Waals surface area (Å²) >= 11 is 0. The molecule has 0 aliphatic carbocycles. The minimum absolute atomic E-state index is 1.10. The molecule has 4 heteroatoms. The Hall–Kier alpha value is -9.90. The van der Waals surface area contributed by atoms with E-state index in [2.05, 4.69) is 301 Å². The molecular weight excluding hydrogens is 921 g/mol. The maximum atomic E-state index is 2.46. The molecule has 2 heterocycles. The topological polar surface area (TPSA) is 13.0 Å². The lowest BCUT2D eigenvalue weighted by molar-refractivity contribution is 1.13. The molecule has 2 aliphatic heterocycles. The first-order valence-electron chi connectivity index (χ1n) is 26.2. The molecule has 4 nitrogen and oxygen atoms in total. The number of nitrogens with zero attached hydrogens (tertiary/aromatic N) is 4. The molecule has 0 saturated heterocycles. The Bertz CT molecular complexity index is 4110. The van der Waals surface area contributed by atoms with Crippen LogP contribution < -0.4 is 19.6 Å². The third-order valence-electron chi connectivity index (χ3n) is 16.0. The van der Waals surface area contributed by atoms with E-state index in [1.165, 1.54) is 76.5 Å². The van der Waals surface area contributed by atoms with Crippen molar-refractivity contribution in [2.75, 3.05) is 33.7 Å². The Morgan fingerprint density at radius 3 is 0.908 bits per heavy atom. The number of para-hydroxylation sites is 8. The van der Waals surface area contributed by atoms with Crippen molar-refractivity contribution in [3.63, 3.8) is 0 Å². The van der Waals surface area contributed by atoms with Gasteiger partial charge in [-0.05, 0) is 185 Å². The van der Waals surface area contributed by atoms with Gasteiger partial charge in [0.25, 0.3) is 0 Å². The lowest BCUT2D eigenvalue weighted by atomic mass is 9.84. The van der Waals surface area contributed by atoms with Crippen LogP contribution in [0.15, 0.2) is 267 Å². The summed E-state index contributed by atoms with van der Waals surface area (Å²) in [6.07, 6.45) is 0. The van der Waals surface area contributed by atoms with Crippen molar-refractivity contribution in [2.45, 2.75) is 0 Å². The first kappa shape index (κ1) is 43.7. The van der Waals surface area contributed by atoms with Crippen molar-refractivity contribution < 1.29 is 0 Å². The Morgan fingerprint density at radius 1 is 0.211 bits per heavy atom. The van der Waals surface area contributed by atoms with Crippen molar-refractivity contribution in [3.05, 3.63) is 267 Å². The van der Waals surface area contributed by atoms with Crippen LogP contribution >= 0.6 is 0 Å². The second-order valence-corrected chi connectivity index (χ2v) is 20.2. The summed E-state index contributed by atoms with van der Waals surface area (Å²) in [6, 6.07) is 98.9. The zero-order valence-corrected chi connectivity index (χ0v) is 42.2. The smallest absolute Gasteiger partial charge is 0.0699 e. The highest BCUT2D eigenvalue weighted by molar-refractivity contribution is 6.23. The normalized spacial score (nSPS) is 12.8. The first-order chi connectivity index (χ1) is 37.5. The molecule has 0 fully saturated rings. The van der Waals surface area contributed by atoms with Gasteiger partial charge in [-0.25, -0.2) is 0 Å². The van der Waals surface area contributed by atoms with Gasteiger partial charge in [0, 0.05) is 25.5 Å². The molecule has 0 radical (unpaired) electrons. The van der Waals surface area contributed by atoms with E-state index in [1.807, 2.05) is 0 Å². The molecule has 0 unspecified atom stereocenters. The van der Waals surface area contributed by atoms with Gasteiger partial charge >= 0.3 is 0 Å². The van der Waals surface area contributed by atoms with Gasteiger partial charge in [-0.3, -0.25) is 0 Å². The minimum Gasteiger partial charge on any atom is -0.341 e. The van der Waals surface area contributed by atoms with Crippen molar-refractivity contribution in [1.82, 2.24) is 0 Å². The fourth-order valence-electron chi connectivity index (χ4n) is 12.4. The zero-order chi connectivity index (χ0) is 50.4. The number of benzene rings is 13. The van der Waals surface area contributed by atoms with Crippen LogP contribution in [-0.4, -0.2) is 14.1 Å².